The number of nitriles is 1. The highest BCUT2D eigenvalue weighted by molar-refractivity contribution is 6.30. The lowest BCUT2D eigenvalue weighted by Crippen LogP contribution is -2.31. The lowest BCUT2D eigenvalue weighted by molar-refractivity contribution is 0.0757. The first-order valence-electron chi connectivity index (χ1n) is 6.37. The molecule has 21 heavy (non-hydrogen) atoms. The van der Waals surface area contributed by atoms with Gasteiger partial charge in [-0.15, -0.1) is 6.58 Å². The summed E-state index contributed by atoms with van der Waals surface area (Å²) >= 11 is 5.83. The van der Waals surface area contributed by atoms with Gasteiger partial charge in [-0.25, -0.2) is 0 Å². The first-order valence-corrected chi connectivity index (χ1v) is 6.75. The number of aromatic amines is 1. The molecule has 0 saturated heterocycles. The molecule has 0 fully saturated rings. The number of hydrogen-bond acceptors (Lipinski definition) is 2. The van der Waals surface area contributed by atoms with E-state index in [2.05, 4.69) is 17.6 Å². The summed E-state index contributed by atoms with van der Waals surface area (Å²) in [5, 5.41) is 9.41. The third kappa shape index (κ3) is 3.74. The Hall–Kier alpha value is -2.51. The third-order valence-corrected chi connectivity index (χ3v) is 3.16. The third-order valence-electron chi connectivity index (χ3n) is 2.94. The van der Waals surface area contributed by atoms with Crippen LogP contribution >= 0.6 is 11.6 Å². The minimum atomic E-state index is -0.163. The standard InChI is InChI=1S/C16H14ClN3O/c1-2-6-20(16(21)15-8-14(17)10-19-15)11-13-5-3-4-12(7-13)9-18/h2-5,7-8,10,19H,1,6,11H2. The minimum absolute atomic E-state index is 0.163. The first kappa shape index (κ1) is 14.9. The zero-order valence-electron chi connectivity index (χ0n) is 11.3. The van der Waals surface area contributed by atoms with Gasteiger partial charge in [0.25, 0.3) is 5.91 Å². The van der Waals surface area contributed by atoms with Crippen LogP contribution in [0.4, 0.5) is 0 Å². The van der Waals surface area contributed by atoms with E-state index >= 15 is 0 Å². The Bertz CT molecular complexity index is 700. The van der Waals surface area contributed by atoms with Gasteiger partial charge in [0.15, 0.2) is 0 Å². The SMILES string of the molecule is C=CCN(Cc1cccc(C#N)c1)C(=O)c1cc(Cl)c[nH]1. The van der Waals surface area contributed by atoms with Crippen LogP contribution < -0.4 is 0 Å². The molecule has 2 rings (SSSR count). The normalized spacial score (nSPS) is 9.90. The second kappa shape index (κ2) is 6.78. The zero-order valence-corrected chi connectivity index (χ0v) is 12.1. The zero-order chi connectivity index (χ0) is 15.2. The average Bonchev–Trinajstić information content (AvgIpc) is 2.93. The number of nitrogens with one attached hydrogen (secondary N) is 1. The van der Waals surface area contributed by atoms with Crippen molar-refractivity contribution in [1.82, 2.24) is 9.88 Å². The monoisotopic (exact) mass is 299 g/mol. The number of H-pyrrole nitrogens is 1. The molecule has 0 spiro atoms. The summed E-state index contributed by atoms with van der Waals surface area (Å²) in [6.45, 7) is 4.48. The molecule has 5 heteroatoms. The summed E-state index contributed by atoms with van der Waals surface area (Å²) in [5.41, 5.74) is 1.89. The number of carbonyl (C=O) groups is 1. The Morgan fingerprint density at radius 2 is 2.29 bits per heavy atom. The van der Waals surface area contributed by atoms with Gasteiger partial charge in [-0.2, -0.15) is 5.26 Å². The van der Waals surface area contributed by atoms with E-state index in [1.807, 2.05) is 6.07 Å². The van der Waals surface area contributed by atoms with Crippen LogP contribution in [0.5, 0.6) is 0 Å². The van der Waals surface area contributed by atoms with Crippen molar-refractivity contribution in [3.63, 3.8) is 0 Å². The Labute approximate surface area is 128 Å². The van der Waals surface area contributed by atoms with Gasteiger partial charge in [0.05, 0.1) is 16.7 Å². The molecule has 1 aromatic carbocycles. The second-order valence-electron chi connectivity index (χ2n) is 4.52. The number of halogens is 1. The van der Waals surface area contributed by atoms with Crippen LogP contribution in [-0.4, -0.2) is 22.3 Å². The summed E-state index contributed by atoms with van der Waals surface area (Å²) in [4.78, 5) is 16.9. The van der Waals surface area contributed by atoms with E-state index in [0.717, 1.165) is 5.56 Å². The quantitative estimate of drug-likeness (QED) is 0.861. The summed E-state index contributed by atoms with van der Waals surface area (Å²) in [7, 11) is 0. The Morgan fingerprint density at radius 1 is 1.48 bits per heavy atom. The van der Waals surface area contributed by atoms with Crippen molar-refractivity contribution in [3.05, 3.63) is 71.0 Å². The Kier molecular flexibility index (Phi) is 4.81. The molecule has 1 heterocycles. The van der Waals surface area contributed by atoms with Gasteiger partial charge in [0, 0.05) is 19.3 Å². The predicted octanol–water partition coefficient (Wildman–Crippen LogP) is 3.37. The van der Waals surface area contributed by atoms with Crippen LogP contribution in [0.15, 0.2) is 49.2 Å². The molecule has 1 N–H and O–H groups in total. The van der Waals surface area contributed by atoms with Crippen molar-refractivity contribution >= 4 is 17.5 Å². The number of nitrogens with zero attached hydrogens (tertiary/aromatic N) is 2. The van der Waals surface area contributed by atoms with Gasteiger partial charge in [0.1, 0.15) is 5.69 Å². The summed E-state index contributed by atoms with van der Waals surface area (Å²) in [6.07, 6.45) is 3.23. The number of rotatable bonds is 5. The predicted molar refractivity (Wildman–Crippen MR) is 81.9 cm³/mol. The van der Waals surface area contributed by atoms with E-state index in [4.69, 9.17) is 16.9 Å². The van der Waals surface area contributed by atoms with Crippen molar-refractivity contribution in [2.75, 3.05) is 6.54 Å². The molecule has 2 aromatic rings. The number of hydrogen-bond donors (Lipinski definition) is 1. The topological polar surface area (TPSA) is 59.9 Å². The maximum atomic E-state index is 12.4. The van der Waals surface area contributed by atoms with Gasteiger partial charge < -0.3 is 9.88 Å². The fourth-order valence-electron chi connectivity index (χ4n) is 2.00. The fourth-order valence-corrected chi connectivity index (χ4v) is 2.16. The maximum absolute atomic E-state index is 12.4. The highest BCUT2D eigenvalue weighted by atomic mass is 35.5. The molecular formula is C16H14ClN3O. The van der Waals surface area contributed by atoms with E-state index in [-0.39, 0.29) is 5.91 Å². The molecule has 4 nitrogen and oxygen atoms in total. The molecule has 0 aliphatic heterocycles. The van der Waals surface area contributed by atoms with Crippen LogP contribution in [0.2, 0.25) is 5.02 Å². The van der Waals surface area contributed by atoms with Gasteiger partial charge in [-0.3, -0.25) is 4.79 Å². The van der Waals surface area contributed by atoms with Crippen molar-refractivity contribution in [2.45, 2.75) is 6.54 Å². The average molecular weight is 300 g/mol. The van der Waals surface area contributed by atoms with Crippen molar-refractivity contribution in [1.29, 1.82) is 5.26 Å². The lowest BCUT2D eigenvalue weighted by atomic mass is 10.1. The molecule has 0 aliphatic rings. The number of carbonyl (C=O) groups excluding carboxylic acids is 1. The van der Waals surface area contributed by atoms with Gasteiger partial charge in [0.2, 0.25) is 0 Å². The number of benzene rings is 1. The van der Waals surface area contributed by atoms with Crippen LogP contribution in [0.25, 0.3) is 0 Å². The lowest BCUT2D eigenvalue weighted by Gasteiger charge is -2.20. The molecule has 1 aromatic heterocycles. The van der Waals surface area contributed by atoms with Gasteiger partial charge in [-0.05, 0) is 23.8 Å². The van der Waals surface area contributed by atoms with Gasteiger partial charge >= 0.3 is 0 Å². The molecule has 0 bridgehead atoms. The number of aromatic nitrogens is 1. The molecule has 106 valence electrons. The van der Waals surface area contributed by atoms with E-state index in [1.165, 1.54) is 0 Å². The highest BCUT2D eigenvalue weighted by Crippen LogP contribution is 2.14. The van der Waals surface area contributed by atoms with Crippen molar-refractivity contribution < 1.29 is 4.79 Å². The molecule has 0 unspecified atom stereocenters. The molecule has 0 atom stereocenters. The largest absolute Gasteiger partial charge is 0.356 e. The first-order chi connectivity index (χ1) is 10.1. The molecule has 1 amide bonds. The van der Waals surface area contributed by atoms with Crippen molar-refractivity contribution in [2.24, 2.45) is 0 Å². The van der Waals surface area contributed by atoms with E-state index in [9.17, 15) is 4.79 Å². The van der Waals surface area contributed by atoms with Crippen LogP contribution in [0.3, 0.4) is 0 Å². The fraction of sp³-hybridized carbons (Fsp3) is 0.125. The van der Waals surface area contributed by atoms with Crippen LogP contribution in [0.1, 0.15) is 21.6 Å². The molecule has 0 aliphatic carbocycles. The maximum Gasteiger partial charge on any atom is 0.270 e. The Morgan fingerprint density at radius 3 is 2.90 bits per heavy atom. The highest BCUT2D eigenvalue weighted by Gasteiger charge is 2.16. The van der Waals surface area contributed by atoms with Gasteiger partial charge in [-0.1, -0.05) is 29.8 Å². The number of amides is 1. The van der Waals surface area contributed by atoms with E-state index in [1.54, 1.807) is 41.4 Å². The van der Waals surface area contributed by atoms with Crippen molar-refractivity contribution in [3.8, 4) is 6.07 Å². The summed E-state index contributed by atoms with van der Waals surface area (Å²) in [6, 6.07) is 10.9. The smallest absolute Gasteiger partial charge is 0.270 e. The summed E-state index contributed by atoms with van der Waals surface area (Å²) < 4.78 is 0. The second-order valence-corrected chi connectivity index (χ2v) is 4.95. The summed E-state index contributed by atoms with van der Waals surface area (Å²) in [5.74, 6) is -0.163. The van der Waals surface area contributed by atoms with E-state index in [0.29, 0.717) is 29.4 Å². The molecule has 0 saturated carbocycles. The molecular weight excluding hydrogens is 286 g/mol. The van der Waals surface area contributed by atoms with Crippen LogP contribution in [0, 0.1) is 11.3 Å². The Balaban J connectivity index is 2.20. The van der Waals surface area contributed by atoms with E-state index < -0.39 is 0 Å². The molecule has 0 radical (unpaired) electrons. The minimum Gasteiger partial charge on any atom is -0.356 e. The van der Waals surface area contributed by atoms with Crippen LogP contribution in [-0.2, 0) is 6.54 Å².